The van der Waals surface area contributed by atoms with Crippen LogP contribution in [0.2, 0.25) is 5.02 Å². The van der Waals surface area contributed by atoms with Gasteiger partial charge in [-0.05, 0) is 23.8 Å². The van der Waals surface area contributed by atoms with Gasteiger partial charge in [0.05, 0.1) is 25.3 Å². The van der Waals surface area contributed by atoms with Gasteiger partial charge in [-0.3, -0.25) is 0 Å². The summed E-state index contributed by atoms with van der Waals surface area (Å²) in [5.74, 6) is 0.168. The van der Waals surface area contributed by atoms with Gasteiger partial charge in [0.15, 0.2) is 6.10 Å². The first kappa shape index (κ1) is 17.3. The van der Waals surface area contributed by atoms with Crippen LogP contribution in [-0.2, 0) is 14.9 Å². The minimum Gasteiger partial charge on any atom is -0.495 e. The van der Waals surface area contributed by atoms with Crippen molar-refractivity contribution in [1.82, 2.24) is 4.31 Å². The highest BCUT2D eigenvalue weighted by Crippen LogP contribution is 2.36. The average Bonchev–Trinajstić information content (AvgIpc) is 3.23. The fourth-order valence-electron chi connectivity index (χ4n) is 3.36. The monoisotopic (exact) mass is 392 g/mol. The Morgan fingerprint density at radius 1 is 1.19 bits per heavy atom. The summed E-state index contributed by atoms with van der Waals surface area (Å²) in [4.78, 5) is 5.57. The lowest BCUT2D eigenvalue weighted by molar-refractivity contribution is 0.0803. The fraction of sp³-hybridized carbons (Fsp3) is 0.278. The maximum absolute atomic E-state index is 13.1. The molecule has 2 aliphatic heterocycles. The molecule has 0 saturated carbocycles. The van der Waals surface area contributed by atoms with Crippen LogP contribution in [0.5, 0.6) is 5.75 Å². The molecule has 1 fully saturated rings. The number of halogens is 1. The third-order valence-corrected chi connectivity index (χ3v) is 6.77. The standard InChI is InChI=1S/C18H17ClN2O4S/c1-24-15-8-7-13(19)9-17(15)26(22,23)21-10-14-16(11-21)25-20-18(14)12-5-3-2-4-6-12/h2-9,14,16H,10-11H2,1H3. The fourth-order valence-corrected chi connectivity index (χ4v) is 5.26. The summed E-state index contributed by atoms with van der Waals surface area (Å²) < 4.78 is 32.9. The Balaban J connectivity index is 1.63. The van der Waals surface area contributed by atoms with Crippen molar-refractivity contribution in [2.45, 2.75) is 11.0 Å². The molecule has 0 amide bonds. The third kappa shape index (κ3) is 2.86. The molecule has 4 rings (SSSR count). The van der Waals surface area contributed by atoms with Gasteiger partial charge in [0.25, 0.3) is 0 Å². The zero-order valence-electron chi connectivity index (χ0n) is 14.0. The highest BCUT2D eigenvalue weighted by Gasteiger charge is 2.47. The molecule has 0 N–H and O–H groups in total. The molecule has 6 nitrogen and oxygen atoms in total. The highest BCUT2D eigenvalue weighted by atomic mass is 35.5. The zero-order chi connectivity index (χ0) is 18.3. The van der Waals surface area contributed by atoms with Crippen LogP contribution in [0.4, 0.5) is 0 Å². The largest absolute Gasteiger partial charge is 0.495 e. The third-order valence-electron chi connectivity index (χ3n) is 4.68. The van der Waals surface area contributed by atoms with Crippen molar-refractivity contribution in [3.63, 3.8) is 0 Å². The molecule has 0 radical (unpaired) electrons. The van der Waals surface area contributed by atoms with Crippen LogP contribution in [0.3, 0.4) is 0 Å². The molecule has 2 aromatic rings. The molecule has 0 aromatic heterocycles. The summed E-state index contributed by atoms with van der Waals surface area (Å²) in [6.45, 7) is 0.541. The minimum atomic E-state index is -3.76. The number of nitrogens with zero attached hydrogens (tertiary/aromatic N) is 2. The summed E-state index contributed by atoms with van der Waals surface area (Å²) >= 11 is 6.00. The Morgan fingerprint density at radius 2 is 1.96 bits per heavy atom. The maximum atomic E-state index is 13.1. The van der Waals surface area contributed by atoms with Crippen LogP contribution in [0.15, 0.2) is 58.6 Å². The molecule has 2 aromatic carbocycles. The van der Waals surface area contributed by atoms with Gasteiger partial charge in [0, 0.05) is 11.6 Å². The predicted octanol–water partition coefficient (Wildman–Crippen LogP) is 2.77. The SMILES string of the molecule is COc1ccc(Cl)cc1S(=O)(=O)N1CC2ON=C(c3ccccc3)C2C1. The van der Waals surface area contributed by atoms with Gasteiger partial charge in [0.1, 0.15) is 10.6 Å². The first-order chi connectivity index (χ1) is 12.5. The van der Waals surface area contributed by atoms with Crippen LogP contribution in [0, 0.1) is 5.92 Å². The normalized spacial score (nSPS) is 22.6. The average molecular weight is 393 g/mol. The van der Waals surface area contributed by atoms with Crippen LogP contribution in [-0.4, -0.2) is 44.7 Å². The summed E-state index contributed by atoms with van der Waals surface area (Å²) in [6.07, 6.45) is -0.287. The van der Waals surface area contributed by atoms with E-state index in [2.05, 4.69) is 5.16 Å². The Hall–Kier alpha value is -2.09. The summed E-state index contributed by atoms with van der Waals surface area (Å²) in [5, 5.41) is 4.52. The first-order valence-electron chi connectivity index (χ1n) is 8.13. The Morgan fingerprint density at radius 3 is 2.69 bits per heavy atom. The van der Waals surface area contributed by atoms with Crippen molar-refractivity contribution in [1.29, 1.82) is 0 Å². The second-order valence-corrected chi connectivity index (χ2v) is 8.55. The van der Waals surface area contributed by atoms with Crippen LogP contribution in [0.1, 0.15) is 5.56 Å². The number of oxime groups is 1. The lowest BCUT2D eigenvalue weighted by Crippen LogP contribution is -2.31. The van der Waals surface area contributed by atoms with Crippen molar-refractivity contribution in [3.05, 3.63) is 59.1 Å². The first-order valence-corrected chi connectivity index (χ1v) is 9.95. The van der Waals surface area contributed by atoms with Gasteiger partial charge in [-0.1, -0.05) is 47.1 Å². The number of hydrogen-bond donors (Lipinski definition) is 0. The van der Waals surface area contributed by atoms with Crippen molar-refractivity contribution in [2.75, 3.05) is 20.2 Å². The van der Waals surface area contributed by atoms with Gasteiger partial charge < -0.3 is 9.57 Å². The molecule has 2 aliphatic rings. The number of sulfonamides is 1. The number of hydrogen-bond acceptors (Lipinski definition) is 5. The quantitative estimate of drug-likeness (QED) is 0.802. The molecule has 0 aliphatic carbocycles. The van der Waals surface area contributed by atoms with Crippen LogP contribution >= 0.6 is 11.6 Å². The van der Waals surface area contributed by atoms with Gasteiger partial charge in [-0.25, -0.2) is 8.42 Å². The minimum absolute atomic E-state index is 0.0608. The van der Waals surface area contributed by atoms with Crippen molar-refractivity contribution in [3.8, 4) is 5.75 Å². The summed E-state index contributed by atoms with van der Waals surface area (Å²) in [6, 6.07) is 14.2. The highest BCUT2D eigenvalue weighted by molar-refractivity contribution is 7.89. The molecule has 0 spiro atoms. The van der Waals surface area contributed by atoms with E-state index in [-0.39, 0.29) is 29.2 Å². The number of benzene rings is 2. The number of ether oxygens (including phenoxy) is 1. The molecule has 8 heteroatoms. The lowest BCUT2D eigenvalue weighted by atomic mass is 9.95. The van der Waals surface area contributed by atoms with Crippen molar-refractivity contribution < 1.29 is 18.0 Å². The molecular weight excluding hydrogens is 376 g/mol. The molecule has 136 valence electrons. The number of methoxy groups -OCH3 is 1. The van der Waals surface area contributed by atoms with E-state index in [1.807, 2.05) is 30.3 Å². The Kier molecular flexibility index (Phi) is 4.38. The smallest absolute Gasteiger partial charge is 0.246 e. The Bertz CT molecular complexity index is 962. The second-order valence-electron chi connectivity index (χ2n) is 6.21. The van der Waals surface area contributed by atoms with E-state index in [0.717, 1.165) is 11.3 Å². The molecule has 1 saturated heterocycles. The van der Waals surface area contributed by atoms with E-state index in [1.54, 1.807) is 12.1 Å². The molecule has 0 bridgehead atoms. The van der Waals surface area contributed by atoms with E-state index in [1.165, 1.54) is 17.5 Å². The predicted molar refractivity (Wildman–Crippen MR) is 98.1 cm³/mol. The lowest BCUT2D eigenvalue weighted by Gasteiger charge is -2.18. The van der Waals surface area contributed by atoms with E-state index in [0.29, 0.717) is 11.6 Å². The topological polar surface area (TPSA) is 68.2 Å². The molecule has 2 unspecified atom stereocenters. The summed E-state index contributed by atoms with van der Waals surface area (Å²) in [5.41, 5.74) is 1.73. The van der Waals surface area contributed by atoms with E-state index < -0.39 is 10.0 Å². The maximum Gasteiger partial charge on any atom is 0.246 e. The Labute approximate surface area is 157 Å². The van der Waals surface area contributed by atoms with Crippen molar-refractivity contribution >= 4 is 27.3 Å². The molecule has 2 atom stereocenters. The van der Waals surface area contributed by atoms with Gasteiger partial charge >= 0.3 is 0 Å². The second kappa shape index (κ2) is 6.57. The number of fused-ring (bicyclic) bond motifs is 1. The number of rotatable bonds is 4. The summed E-state index contributed by atoms with van der Waals surface area (Å²) in [7, 11) is -2.33. The van der Waals surface area contributed by atoms with Gasteiger partial charge in [-0.15, -0.1) is 0 Å². The van der Waals surface area contributed by atoms with Crippen LogP contribution < -0.4 is 4.74 Å². The molecule has 26 heavy (non-hydrogen) atoms. The van der Waals surface area contributed by atoms with E-state index >= 15 is 0 Å². The molecule has 2 heterocycles. The van der Waals surface area contributed by atoms with Gasteiger partial charge in [0.2, 0.25) is 10.0 Å². The van der Waals surface area contributed by atoms with E-state index in [9.17, 15) is 8.42 Å². The van der Waals surface area contributed by atoms with Crippen molar-refractivity contribution in [2.24, 2.45) is 11.1 Å². The van der Waals surface area contributed by atoms with E-state index in [4.69, 9.17) is 21.2 Å². The van der Waals surface area contributed by atoms with Crippen LogP contribution in [0.25, 0.3) is 0 Å². The zero-order valence-corrected chi connectivity index (χ0v) is 15.6. The molecular formula is C18H17ClN2O4S. The van der Waals surface area contributed by atoms with Gasteiger partial charge in [-0.2, -0.15) is 4.31 Å².